The minimum atomic E-state index is -0.710. The van der Waals surface area contributed by atoms with Crippen molar-refractivity contribution in [2.45, 2.75) is 38.6 Å². The summed E-state index contributed by atoms with van der Waals surface area (Å²) in [7, 11) is 0. The van der Waals surface area contributed by atoms with Crippen LogP contribution < -0.4 is 5.73 Å². The first-order chi connectivity index (χ1) is 5.13. The van der Waals surface area contributed by atoms with Crippen LogP contribution in [-0.4, -0.2) is 17.1 Å². The van der Waals surface area contributed by atoms with Crippen molar-refractivity contribution in [1.82, 2.24) is 0 Å². The maximum absolute atomic E-state index is 10.8. The third-order valence-corrected chi connectivity index (χ3v) is 2.82. The highest BCUT2D eigenvalue weighted by Gasteiger charge is 2.48. The number of carboxylic acid groups (broad SMARTS) is 1. The monoisotopic (exact) mass is 157 g/mol. The Kier molecular flexibility index (Phi) is 2.18. The molecule has 0 amide bonds. The lowest BCUT2D eigenvalue weighted by Gasteiger charge is -2.42. The van der Waals surface area contributed by atoms with Gasteiger partial charge < -0.3 is 10.8 Å². The van der Waals surface area contributed by atoms with E-state index >= 15 is 0 Å². The van der Waals surface area contributed by atoms with Crippen molar-refractivity contribution in [2.24, 2.45) is 11.1 Å². The number of carbonyl (C=O) groups is 1. The highest BCUT2D eigenvalue weighted by molar-refractivity contribution is 5.76. The summed E-state index contributed by atoms with van der Waals surface area (Å²) in [6.07, 6.45) is 3.29. The Morgan fingerprint density at radius 1 is 1.73 bits per heavy atom. The van der Waals surface area contributed by atoms with Crippen molar-refractivity contribution in [1.29, 1.82) is 0 Å². The lowest BCUT2D eigenvalue weighted by molar-refractivity contribution is -0.156. The molecule has 0 bridgehead atoms. The van der Waals surface area contributed by atoms with Gasteiger partial charge in [-0.1, -0.05) is 13.3 Å². The summed E-state index contributed by atoms with van der Waals surface area (Å²) in [5.41, 5.74) is 5.16. The molecule has 0 aromatic rings. The van der Waals surface area contributed by atoms with Crippen LogP contribution in [-0.2, 0) is 4.79 Å². The minimum absolute atomic E-state index is 0.159. The highest BCUT2D eigenvalue weighted by atomic mass is 16.4. The van der Waals surface area contributed by atoms with Crippen LogP contribution in [0.15, 0.2) is 0 Å². The van der Waals surface area contributed by atoms with E-state index in [1.165, 1.54) is 0 Å². The first kappa shape index (κ1) is 8.53. The second kappa shape index (κ2) is 2.81. The molecule has 0 aromatic heterocycles. The van der Waals surface area contributed by atoms with Gasteiger partial charge in [-0.2, -0.15) is 0 Å². The van der Waals surface area contributed by atoms with Crippen LogP contribution in [0, 0.1) is 5.41 Å². The molecule has 0 heterocycles. The molecule has 3 N–H and O–H groups in total. The lowest BCUT2D eigenvalue weighted by Crippen LogP contribution is -2.51. The smallest absolute Gasteiger partial charge is 0.311 e. The van der Waals surface area contributed by atoms with Gasteiger partial charge in [0.1, 0.15) is 0 Å². The average Bonchev–Trinajstić information content (AvgIpc) is 1.84. The van der Waals surface area contributed by atoms with Crippen molar-refractivity contribution < 1.29 is 9.90 Å². The molecule has 3 nitrogen and oxygen atoms in total. The second-order valence-corrected chi connectivity index (χ2v) is 3.33. The van der Waals surface area contributed by atoms with Crippen LogP contribution in [0.4, 0.5) is 0 Å². The Morgan fingerprint density at radius 3 is 2.36 bits per heavy atom. The quantitative estimate of drug-likeness (QED) is 0.641. The van der Waals surface area contributed by atoms with Gasteiger partial charge in [-0.25, -0.2) is 0 Å². The topological polar surface area (TPSA) is 63.3 Å². The Morgan fingerprint density at radius 2 is 2.27 bits per heavy atom. The van der Waals surface area contributed by atoms with Gasteiger partial charge in [-0.05, 0) is 19.3 Å². The van der Waals surface area contributed by atoms with E-state index in [-0.39, 0.29) is 6.04 Å². The van der Waals surface area contributed by atoms with Crippen molar-refractivity contribution in [3.63, 3.8) is 0 Å². The van der Waals surface area contributed by atoms with Gasteiger partial charge >= 0.3 is 5.97 Å². The summed E-state index contributed by atoms with van der Waals surface area (Å²) >= 11 is 0. The Bertz CT molecular complexity index is 163. The Balaban J connectivity index is 2.67. The molecule has 3 heteroatoms. The number of rotatable bonds is 3. The van der Waals surface area contributed by atoms with Gasteiger partial charge in [0.05, 0.1) is 5.41 Å². The van der Waals surface area contributed by atoms with Crippen LogP contribution in [0.3, 0.4) is 0 Å². The zero-order valence-corrected chi connectivity index (χ0v) is 6.84. The molecule has 1 rings (SSSR count). The SMILES string of the molecule is CCC(N)C1(C(=O)O)CCC1. The molecule has 1 aliphatic carbocycles. The standard InChI is InChI=1S/C8H15NO2/c1-2-6(9)8(7(10)11)4-3-5-8/h6H,2-5,9H2,1H3,(H,10,11). The van der Waals surface area contributed by atoms with E-state index < -0.39 is 11.4 Å². The lowest BCUT2D eigenvalue weighted by atomic mass is 9.63. The van der Waals surface area contributed by atoms with Crippen LogP contribution in [0.25, 0.3) is 0 Å². The molecule has 0 aromatic carbocycles. The molecule has 0 spiro atoms. The number of hydrogen-bond donors (Lipinski definition) is 2. The first-order valence-corrected chi connectivity index (χ1v) is 4.12. The number of nitrogens with two attached hydrogens (primary N) is 1. The third-order valence-electron chi connectivity index (χ3n) is 2.82. The maximum Gasteiger partial charge on any atom is 0.311 e. The zero-order chi connectivity index (χ0) is 8.48. The van der Waals surface area contributed by atoms with E-state index in [4.69, 9.17) is 10.8 Å². The van der Waals surface area contributed by atoms with Crippen LogP contribution in [0.1, 0.15) is 32.6 Å². The fraction of sp³-hybridized carbons (Fsp3) is 0.875. The fourth-order valence-electron chi connectivity index (χ4n) is 1.69. The van der Waals surface area contributed by atoms with E-state index in [1.54, 1.807) is 0 Å². The molecule has 0 radical (unpaired) electrons. The van der Waals surface area contributed by atoms with Crippen LogP contribution >= 0.6 is 0 Å². The summed E-state index contributed by atoms with van der Waals surface area (Å²) in [6.45, 7) is 1.94. The van der Waals surface area contributed by atoms with E-state index in [9.17, 15) is 4.79 Å². The maximum atomic E-state index is 10.8. The molecule has 1 unspecified atom stereocenters. The first-order valence-electron chi connectivity index (χ1n) is 4.12. The summed E-state index contributed by atoms with van der Waals surface area (Å²) in [6, 6.07) is -0.159. The van der Waals surface area contributed by atoms with Crippen molar-refractivity contribution >= 4 is 5.97 Å². The molecule has 64 valence electrons. The molecule has 1 aliphatic rings. The zero-order valence-electron chi connectivity index (χ0n) is 6.84. The fourth-order valence-corrected chi connectivity index (χ4v) is 1.69. The van der Waals surface area contributed by atoms with Crippen LogP contribution in [0.2, 0.25) is 0 Å². The predicted molar refractivity (Wildman–Crippen MR) is 42.2 cm³/mol. The highest BCUT2D eigenvalue weighted by Crippen LogP contribution is 2.44. The van der Waals surface area contributed by atoms with Gasteiger partial charge in [0.25, 0.3) is 0 Å². The summed E-state index contributed by atoms with van der Waals surface area (Å²) in [4.78, 5) is 10.8. The predicted octanol–water partition coefficient (Wildman–Crippen LogP) is 0.979. The molecule has 0 saturated heterocycles. The summed E-state index contributed by atoms with van der Waals surface area (Å²) < 4.78 is 0. The number of carboxylic acids is 1. The minimum Gasteiger partial charge on any atom is -0.481 e. The molecule has 0 aliphatic heterocycles. The van der Waals surface area contributed by atoms with E-state index in [2.05, 4.69) is 0 Å². The van der Waals surface area contributed by atoms with E-state index in [0.29, 0.717) is 0 Å². The van der Waals surface area contributed by atoms with Gasteiger partial charge in [0.15, 0.2) is 0 Å². The van der Waals surface area contributed by atoms with Gasteiger partial charge in [0.2, 0.25) is 0 Å². The Hall–Kier alpha value is -0.570. The normalized spacial score (nSPS) is 23.8. The Labute approximate surface area is 66.6 Å². The van der Waals surface area contributed by atoms with E-state index in [1.807, 2.05) is 6.92 Å². The number of aliphatic carboxylic acids is 1. The summed E-state index contributed by atoms with van der Waals surface area (Å²) in [5, 5.41) is 8.91. The summed E-state index contributed by atoms with van der Waals surface area (Å²) in [5.74, 6) is -0.710. The second-order valence-electron chi connectivity index (χ2n) is 3.33. The molecule has 1 saturated carbocycles. The molecule has 1 fully saturated rings. The average molecular weight is 157 g/mol. The molecule has 1 atom stereocenters. The largest absolute Gasteiger partial charge is 0.481 e. The number of hydrogen-bond acceptors (Lipinski definition) is 2. The van der Waals surface area contributed by atoms with Gasteiger partial charge in [0, 0.05) is 6.04 Å². The van der Waals surface area contributed by atoms with Gasteiger partial charge in [-0.15, -0.1) is 0 Å². The molecular weight excluding hydrogens is 142 g/mol. The van der Waals surface area contributed by atoms with Crippen molar-refractivity contribution in [3.8, 4) is 0 Å². The van der Waals surface area contributed by atoms with Crippen LogP contribution in [0.5, 0.6) is 0 Å². The van der Waals surface area contributed by atoms with E-state index in [0.717, 1.165) is 25.7 Å². The third kappa shape index (κ3) is 1.13. The van der Waals surface area contributed by atoms with Crippen molar-refractivity contribution in [2.75, 3.05) is 0 Å². The molecule has 11 heavy (non-hydrogen) atoms. The molecular formula is C8H15NO2. The van der Waals surface area contributed by atoms with Crippen molar-refractivity contribution in [3.05, 3.63) is 0 Å². The van der Waals surface area contributed by atoms with Gasteiger partial charge in [-0.3, -0.25) is 4.79 Å².